The summed E-state index contributed by atoms with van der Waals surface area (Å²) in [5.41, 5.74) is 4.82. The monoisotopic (exact) mass is 186 g/mol. The van der Waals surface area contributed by atoms with Gasteiger partial charge in [0, 0.05) is 6.07 Å². The van der Waals surface area contributed by atoms with Gasteiger partial charge in [-0.1, -0.05) is 0 Å². The van der Waals surface area contributed by atoms with Crippen molar-refractivity contribution in [3.05, 3.63) is 23.8 Å². The lowest BCUT2D eigenvalue weighted by Gasteiger charge is -1.99. The Balaban J connectivity index is 3.16. The molecule has 0 saturated carbocycles. The molecule has 12 heavy (non-hydrogen) atoms. The molecular formula is C7H4F2N2S. The molecule has 0 unspecified atom stereocenters. The molecule has 1 aromatic rings. The number of nitrogen functional groups attached to an aromatic ring is 1. The van der Waals surface area contributed by atoms with Crippen LogP contribution in [0.1, 0.15) is 0 Å². The highest BCUT2D eigenvalue weighted by Crippen LogP contribution is 2.24. The highest BCUT2D eigenvalue weighted by atomic mass is 32.2. The SMILES string of the molecule is N#CSc1cc(F)c(N)cc1F. The molecule has 0 aliphatic rings. The zero-order chi connectivity index (χ0) is 9.14. The van der Waals surface area contributed by atoms with Crippen molar-refractivity contribution in [2.45, 2.75) is 4.90 Å². The Bertz CT molecular complexity index is 346. The summed E-state index contributed by atoms with van der Waals surface area (Å²) in [7, 11) is 0. The van der Waals surface area contributed by atoms with E-state index in [1.54, 1.807) is 5.40 Å². The van der Waals surface area contributed by atoms with Crippen LogP contribution in [0.2, 0.25) is 0 Å². The van der Waals surface area contributed by atoms with E-state index in [0.717, 1.165) is 12.1 Å². The van der Waals surface area contributed by atoms with Crippen molar-refractivity contribution in [3.63, 3.8) is 0 Å². The molecule has 0 fully saturated rings. The molecule has 0 radical (unpaired) electrons. The molecule has 0 bridgehead atoms. The molecule has 0 saturated heterocycles. The highest BCUT2D eigenvalue weighted by molar-refractivity contribution is 8.03. The second-order valence-electron chi connectivity index (χ2n) is 2.00. The standard InChI is InChI=1S/C7H4F2N2S/c8-4-2-7(12-3-10)5(9)1-6(4)11/h1-2H,11H2. The summed E-state index contributed by atoms with van der Waals surface area (Å²) in [6, 6.07) is 1.76. The Kier molecular flexibility index (Phi) is 2.51. The molecule has 2 nitrogen and oxygen atoms in total. The van der Waals surface area contributed by atoms with Crippen LogP contribution < -0.4 is 5.73 Å². The van der Waals surface area contributed by atoms with Gasteiger partial charge in [-0.2, -0.15) is 5.26 Å². The predicted molar refractivity (Wildman–Crippen MR) is 42.2 cm³/mol. The van der Waals surface area contributed by atoms with E-state index >= 15 is 0 Å². The molecule has 1 aromatic carbocycles. The number of nitriles is 1. The molecule has 5 heteroatoms. The van der Waals surface area contributed by atoms with Gasteiger partial charge >= 0.3 is 0 Å². The van der Waals surface area contributed by atoms with E-state index < -0.39 is 11.6 Å². The molecule has 0 aliphatic carbocycles. The summed E-state index contributed by atoms with van der Waals surface area (Å²) in [4.78, 5) is -0.0517. The highest BCUT2D eigenvalue weighted by Gasteiger charge is 2.07. The maximum absolute atomic E-state index is 12.8. The fourth-order valence-corrected chi connectivity index (χ4v) is 1.09. The van der Waals surface area contributed by atoms with Crippen LogP contribution in [0.4, 0.5) is 14.5 Å². The van der Waals surface area contributed by atoms with Gasteiger partial charge in [0.15, 0.2) is 0 Å². The van der Waals surface area contributed by atoms with Crippen molar-refractivity contribution in [1.82, 2.24) is 0 Å². The van der Waals surface area contributed by atoms with Crippen LogP contribution in [-0.4, -0.2) is 0 Å². The lowest BCUT2D eigenvalue weighted by atomic mass is 10.3. The third-order valence-corrected chi connectivity index (χ3v) is 1.83. The van der Waals surface area contributed by atoms with E-state index in [-0.39, 0.29) is 10.6 Å². The van der Waals surface area contributed by atoms with Gasteiger partial charge in [0.2, 0.25) is 0 Å². The van der Waals surface area contributed by atoms with Crippen LogP contribution in [0.25, 0.3) is 0 Å². The third-order valence-electron chi connectivity index (χ3n) is 1.21. The average Bonchev–Trinajstić information content (AvgIpc) is 2.01. The molecule has 0 amide bonds. The second-order valence-corrected chi connectivity index (χ2v) is 2.82. The van der Waals surface area contributed by atoms with Gasteiger partial charge in [0.05, 0.1) is 10.6 Å². The molecule has 1 rings (SSSR count). The number of thioether (sulfide) groups is 1. The molecule has 2 N–H and O–H groups in total. The van der Waals surface area contributed by atoms with Gasteiger partial charge in [-0.3, -0.25) is 0 Å². The van der Waals surface area contributed by atoms with Crippen molar-refractivity contribution >= 4 is 17.4 Å². The zero-order valence-electron chi connectivity index (χ0n) is 5.84. The van der Waals surface area contributed by atoms with Crippen molar-refractivity contribution in [1.29, 1.82) is 5.26 Å². The third kappa shape index (κ3) is 1.66. The van der Waals surface area contributed by atoms with Crippen LogP contribution in [-0.2, 0) is 0 Å². The molecule has 0 spiro atoms. The van der Waals surface area contributed by atoms with E-state index in [2.05, 4.69) is 0 Å². The zero-order valence-corrected chi connectivity index (χ0v) is 6.66. The fourth-order valence-electron chi connectivity index (χ4n) is 0.671. The van der Waals surface area contributed by atoms with Gasteiger partial charge in [0.1, 0.15) is 17.0 Å². The maximum atomic E-state index is 12.8. The first-order valence-electron chi connectivity index (χ1n) is 2.95. The van der Waals surface area contributed by atoms with Crippen LogP contribution in [0.3, 0.4) is 0 Å². The lowest BCUT2D eigenvalue weighted by molar-refractivity contribution is 0.581. The van der Waals surface area contributed by atoms with Crippen molar-refractivity contribution in [3.8, 4) is 5.40 Å². The smallest absolute Gasteiger partial charge is 0.147 e. The molecule has 0 aliphatic heterocycles. The Morgan fingerprint density at radius 1 is 1.33 bits per heavy atom. The predicted octanol–water partition coefficient (Wildman–Crippen LogP) is 2.12. The van der Waals surface area contributed by atoms with Crippen LogP contribution in [0, 0.1) is 22.3 Å². The largest absolute Gasteiger partial charge is 0.396 e. The van der Waals surface area contributed by atoms with Crippen molar-refractivity contribution < 1.29 is 8.78 Å². The maximum Gasteiger partial charge on any atom is 0.147 e. The Morgan fingerprint density at radius 2 is 2.00 bits per heavy atom. The molecule has 0 atom stereocenters. The van der Waals surface area contributed by atoms with Gasteiger partial charge in [0.25, 0.3) is 0 Å². The normalized spacial score (nSPS) is 9.42. The van der Waals surface area contributed by atoms with Gasteiger partial charge in [-0.05, 0) is 17.8 Å². The van der Waals surface area contributed by atoms with E-state index in [4.69, 9.17) is 11.0 Å². The summed E-state index contributed by atoms with van der Waals surface area (Å²) in [5, 5.41) is 9.84. The average molecular weight is 186 g/mol. The Labute approximate surface area is 72.0 Å². The number of benzene rings is 1. The first-order valence-corrected chi connectivity index (χ1v) is 3.77. The first kappa shape index (κ1) is 8.81. The number of halogens is 2. The fraction of sp³-hybridized carbons (Fsp3) is 0. The molecule has 0 aromatic heterocycles. The minimum Gasteiger partial charge on any atom is -0.396 e. The van der Waals surface area contributed by atoms with E-state index in [9.17, 15) is 8.78 Å². The van der Waals surface area contributed by atoms with E-state index in [0.29, 0.717) is 11.8 Å². The number of rotatable bonds is 1. The van der Waals surface area contributed by atoms with Crippen molar-refractivity contribution in [2.75, 3.05) is 5.73 Å². The minimum atomic E-state index is -0.714. The van der Waals surface area contributed by atoms with Gasteiger partial charge in [-0.25, -0.2) is 8.78 Å². The minimum absolute atomic E-state index is 0.0517. The van der Waals surface area contributed by atoms with E-state index in [1.807, 2.05) is 0 Å². The van der Waals surface area contributed by atoms with Crippen molar-refractivity contribution in [2.24, 2.45) is 0 Å². The van der Waals surface area contributed by atoms with E-state index in [1.165, 1.54) is 0 Å². The number of hydrogen-bond acceptors (Lipinski definition) is 3. The Hall–Kier alpha value is -1.28. The number of anilines is 1. The topological polar surface area (TPSA) is 49.8 Å². The lowest BCUT2D eigenvalue weighted by Crippen LogP contribution is -1.92. The number of hydrogen-bond donors (Lipinski definition) is 1. The molecule has 62 valence electrons. The van der Waals surface area contributed by atoms with Gasteiger partial charge < -0.3 is 5.73 Å². The first-order chi connectivity index (χ1) is 5.65. The summed E-state index contributed by atoms with van der Waals surface area (Å²) < 4.78 is 25.5. The molecular weight excluding hydrogens is 182 g/mol. The van der Waals surface area contributed by atoms with Crippen LogP contribution >= 0.6 is 11.8 Å². The number of nitrogens with zero attached hydrogens (tertiary/aromatic N) is 1. The summed E-state index contributed by atoms with van der Waals surface area (Å²) >= 11 is 0.560. The number of thiocyanates is 1. The quantitative estimate of drug-likeness (QED) is 0.415. The summed E-state index contributed by atoms with van der Waals surface area (Å²) in [5.74, 6) is -1.39. The summed E-state index contributed by atoms with van der Waals surface area (Å²) in [6.45, 7) is 0. The molecule has 0 heterocycles. The second kappa shape index (κ2) is 3.41. The number of nitrogens with two attached hydrogens (primary N) is 1. The summed E-state index contributed by atoms with van der Waals surface area (Å²) in [6.07, 6.45) is 0. The Morgan fingerprint density at radius 3 is 2.58 bits per heavy atom. The van der Waals surface area contributed by atoms with Crippen LogP contribution in [0.5, 0.6) is 0 Å². The van der Waals surface area contributed by atoms with Gasteiger partial charge in [-0.15, -0.1) is 0 Å². The van der Waals surface area contributed by atoms with Crippen LogP contribution in [0.15, 0.2) is 17.0 Å².